The van der Waals surface area contributed by atoms with Crippen LogP contribution < -0.4 is 22.5 Å². The summed E-state index contributed by atoms with van der Waals surface area (Å²) in [7, 11) is 0. The molecule has 1 aromatic heterocycles. The molecule has 0 saturated carbocycles. The van der Waals surface area contributed by atoms with Crippen LogP contribution in [-0.2, 0) is 0 Å². The molecule has 0 saturated heterocycles. The number of benzene rings is 2. The smallest absolute Gasteiger partial charge is 0.147 e. The molecule has 1 aliphatic rings. The Bertz CT molecular complexity index is 910. The van der Waals surface area contributed by atoms with Crippen molar-refractivity contribution in [2.45, 2.75) is 6.92 Å². The molecular weight excluding hydrogens is 312 g/mol. The zero-order valence-corrected chi connectivity index (χ0v) is 14.2. The fraction of sp³-hybridized carbons (Fsp3) is 0.158. The molecule has 7 N–H and O–H groups in total. The lowest BCUT2D eigenvalue weighted by atomic mass is 10.1. The molecule has 0 amide bonds. The average molecular weight is 334 g/mol. The van der Waals surface area contributed by atoms with E-state index in [9.17, 15) is 0 Å². The van der Waals surface area contributed by atoms with Crippen molar-refractivity contribution in [1.29, 1.82) is 0 Å². The fourth-order valence-corrected chi connectivity index (χ4v) is 2.59. The van der Waals surface area contributed by atoms with Crippen LogP contribution in [0.2, 0.25) is 0 Å². The number of hydrogen-bond donors (Lipinski definition) is 4. The van der Waals surface area contributed by atoms with Gasteiger partial charge in [0.15, 0.2) is 0 Å². The van der Waals surface area contributed by atoms with E-state index in [1.807, 2.05) is 49.4 Å². The summed E-state index contributed by atoms with van der Waals surface area (Å²) in [5, 5.41) is 5.21. The minimum Gasteiger partial charge on any atom is -0.399 e. The number of anilines is 3. The summed E-state index contributed by atoms with van der Waals surface area (Å²) in [6, 6.07) is 13.8. The molecule has 0 atom stereocenters. The van der Waals surface area contributed by atoms with Crippen LogP contribution in [0.15, 0.2) is 53.7 Å². The molecule has 25 heavy (non-hydrogen) atoms. The standard InChI is InChI=1S/C10H11N3.C9H11N3/c1-6-2-3-7-5-13-10(12)9(11)8(7)4-6;10-8-3-1-7(2-4-8)9-11-5-6-12-9/h2-5H,11H2,1H3,(H2,12,13);1-4H,5-6,10H2,(H,11,12). The number of aliphatic imine (C=N–C) groups is 1. The van der Waals surface area contributed by atoms with Crippen molar-refractivity contribution in [3.05, 3.63) is 59.8 Å². The molecule has 6 heteroatoms. The summed E-state index contributed by atoms with van der Waals surface area (Å²) in [5.41, 5.74) is 20.6. The van der Waals surface area contributed by atoms with Crippen molar-refractivity contribution < 1.29 is 0 Å². The Hall–Kier alpha value is -3.28. The van der Waals surface area contributed by atoms with Gasteiger partial charge in [0.25, 0.3) is 0 Å². The molecule has 0 bridgehead atoms. The molecule has 0 aliphatic carbocycles. The SMILES string of the molecule is Cc1ccc2cnc(N)c(N)c2c1.Nc1ccc(C2=NCCN2)cc1. The Morgan fingerprint density at radius 3 is 2.44 bits per heavy atom. The van der Waals surface area contributed by atoms with Crippen molar-refractivity contribution in [3.63, 3.8) is 0 Å². The molecule has 0 radical (unpaired) electrons. The van der Waals surface area contributed by atoms with Gasteiger partial charge >= 0.3 is 0 Å². The van der Waals surface area contributed by atoms with E-state index in [-0.39, 0.29) is 0 Å². The maximum absolute atomic E-state index is 5.80. The highest BCUT2D eigenvalue weighted by Gasteiger charge is 2.06. The lowest BCUT2D eigenvalue weighted by Crippen LogP contribution is -2.19. The van der Waals surface area contributed by atoms with Gasteiger partial charge in [-0.3, -0.25) is 4.99 Å². The molecular formula is C19H22N6. The molecule has 1 aliphatic heterocycles. The van der Waals surface area contributed by atoms with E-state index >= 15 is 0 Å². The van der Waals surface area contributed by atoms with E-state index in [0.29, 0.717) is 11.5 Å². The van der Waals surface area contributed by atoms with Crippen LogP contribution in [0.3, 0.4) is 0 Å². The predicted molar refractivity (Wildman–Crippen MR) is 106 cm³/mol. The predicted octanol–water partition coefficient (Wildman–Crippen LogP) is 2.33. The first-order valence-electron chi connectivity index (χ1n) is 8.09. The summed E-state index contributed by atoms with van der Waals surface area (Å²) in [6.45, 7) is 3.84. The Kier molecular flexibility index (Phi) is 4.70. The van der Waals surface area contributed by atoms with Crippen LogP contribution in [0.5, 0.6) is 0 Å². The average Bonchev–Trinajstić information content (AvgIpc) is 3.14. The molecule has 2 aromatic carbocycles. The highest BCUT2D eigenvalue weighted by atomic mass is 15.1. The molecule has 128 valence electrons. The van der Waals surface area contributed by atoms with Crippen molar-refractivity contribution in [1.82, 2.24) is 10.3 Å². The number of pyridine rings is 1. The third-order valence-corrected chi connectivity index (χ3v) is 3.98. The van der Waals surface area contributed by atoms with Gasteiger partial charge in [0.1, 0.15) is 11.7 Å². The number of hydrogen-bond acceptors (Lipinski definition) is 6. The number of amidine groups is 1. The Morgan fingerprint density at radius 2 is 1.76 bits per heavy atom. The molecule has 3 aromatic rings. The summed E-state index contributed by atoms with van der Waals surface area (Å²) in [6.07, 6.45) is 1.74. The van der Waals surface area contributed by atoms with Crippen LogP contribution in [0, 0.1) is 6.92 Å². The highest BCUT2D eigenvalue weighted by molar-refractivity contribution is 6.00. The highest BCUT2D eigenvalue weighted by Crippen LogP contribution is 2.24. The fourth-order valence-electron chi connectivity index (χ4n) is 2.59. The van der Waals surface area contributed by atoms with Crippen molar-refractivity contribution in [3.8, 4) is 0 Å². The van der Waals surface area contributed by atoms with Crippen LogP contribution in [0.25, 0.3) is 10.8 Å². The number of nitrogens with two attached hydrogens (primary N) is 3. The first kappa shape index (κ1) is 16.6. The summed E-state index contributed by atoms with van der Waals surface area (Å²) in [5.74, 6) is 1.38. The second-order valence-electron chi connectivity index (χ2n) is 5.93. The molecule has 0 unspecified atom stereocenters. The first-order chi connectivity index (χ1) is 12.0. The summed E-state index contributed by atoms with van der Waals surface area (Å²) >= 11 is 0. The van der Waals surface area contributed by atoms with E-state index in [1.165, 1.54) is 5.56 Å². The van der Waals surface area contributed by atoms with Crippen LogP contribution >= 0.6 is 0 Å². The van der Waals surface area contributed by atoms with Gasteiger partial charge in [-0.1, -0.05) is 17.7 Å². The minimum absolute atomic E-state index is 0.401. The largest absolute Gasteiger partial charge is 0.399 e. The minimum atomic E-state index is 0.401. The number of rotatable bonds is 1. The Balaban J connectivity index is 0.000000146. The van der Waals surface area contributed by atoms with E-state index in [0.717, 1.165) is 40.9 Å². The number of nitrogens with zero attached hydrogens (tertiary/aromatic N) is 2. The number of nitrogens with one attached hydrogen (secondary N) is 1. The van der Waals surface area contributed by atoms with Gasteiger partial charge in [-0.2, -0.15) is 0 Å². The lowest BCUT2D eigenvalue weighted by Gasteiger charge is -2.04. The molecule has 0 fully saturated rings. The van der Waals surface area contributed by atoms with Crippen molar-refractivity contribution >= 4 is 33.8 Å². The van der Waals surface area contributed by atoms with Gasteiger partial charge < -0.3 is 22.5 Å². The second kappa shape index (κ2) is 7.09. The molecule has 2 heterocycles. The monoisotopic (exact) mass is 334 g/mol. The van der Waals surface area contributed by atoms with Crippen LogP contribution in [0.4, 0.5) is 17.2 Å². The second-order valence-corrected chi connectivity index (χ2v) is 5.93. The quantitative estimate of drug-likeness (QED) is 0.510. The normalized spacial score (nSPS) is 12.9. The molecule has 4 rings (SSSR count). The number of fused-ring (bicyclic) bond motifs is 1. The van der Waals surface area contributed by atoms with E-state index in [2.05, 4.69) is 15.3 Å². The van der Waals surface area contributed by atoms with Crippen LogP contribution in [-0.4, -0.2) is 23.9 Å². The van der Waals surface area contributed by atoms with Crippen molar-refractivity contribution in [2.24, 2.45) is 4.99 Å². The topological polar surface area (TPSA) is 115 Å². The summed E-state index contributed by atoms with van der Waals surface area (Å²) in [4.78, 5) is 8.29. The van der Waals surface area contributed by atoms with Gasteiger partial charge in [-0.15, -0.1) is 0 Å². The van der Waals surface area contributed by atoms with E-state index in [4.69, 9.17) is 17.2 Å². The molecule has 0 spiro atoms. The van der Waals surface area contributed by atoms with Crippen LogP contribution in [0.1, 0.15) is 11.1 Å². The summed E-state index contributed by atoms with van der Waals surface area (Å²) < 4.78 is 0. The third-order valence-electron chi connectivity index (χ3n) is 3.98. The van der Waals surface area contributed by atoms with E-state index < -0.39 is 0 Å². The Morgan fingerprint density at radius 1 is 1.00 bits per heavy atom. The number of nitrogen functional groups attached to an aromatic ring is 3. The third kappa shape index (κ3) is 3.80. The Labute approximate surface area is 146 Å². The zero-order valence-electron chi connectivity index (χ0n) is 14.2. The van der Waals surface area contributed by atoms with Gasteiger partial charge in [0.2, 0.25) is 0 Å². The maximum atomic E-state index is 5.80. The van der Waals surface area contributed by atoms with Gasteiger partial charge in [-0.05, 0) is 37.3 Å². The molecule has 6 nitrogen and oxygen atoms in total. The number of aromatic nitrogens is 1. The number of aryl methyl sites for hydroxylation is 1. The van der Waals surface area contributed by atoms with Gasteiger partial charge in [-0.25, -0.2) is 4.98 Å². The van der Waals surface area contributed by atoms with Gasteiger partial charge in [0.05, 0.1) is 12.2 Å². The van der Waals surface area contributed by atoms with Gasteiger partial charge in [0, 0.05) is 34.8 Å². The zero-order chi connectivity index (χ0) is 17.8. The maximum Gasteiger partial charge on any atom is 0.147 e. The van der Waals surface area contributed by atoms with E-state index in [1.54, 1.807) is 6.20 Å². The van der Waals surface area contributed by atoms with Crippen molar-refractivity contribution in [2.75, 3.05) is 30.3 Å². The lowest BCUT2D eigenvalue weighted by molar-refractivity contribution is 0.960. The first-order valence-corrected chi connectivity index (χ1v) is 8.09.